The molecule has 4 rings (SSSR count). The van der Waals surface area contributed by atoms with Gasteiger partial charge in [0.15, 0.2) is 5.79 Å². The number of fused-ring (bicyclic) bond motifs is 1. The van der Waals surface area contributed by atoms with Gasteiger partial charge >= 0.3 is 0 Å². The third kappa shape index (κ3) is 3.54. The number of ether oxygens (including phenoxy) is 1. The van der Waals surface area contributed by atoms with Crippen molar-refractivity contribution in [2.75, 3.05) is 0 Å². The van der Waals surface area contributed by atoms with Gasteiger partial charge in [0.2, 0.25) is 0 Å². The van der Waals surface area contributed by atoms with Crippen LogP contribution in [0.3, 0.4) is 0 Å². The molecule has 0 aliphatic heterocycles. The summed E-state index contributed by atoms with van der Waals surface area (Å²) in [6.07, 6.45) is 5.87. The first-order valence-corrected chi connectivity index (χ1v) is 8.79. The van der Waals surface area contributed by atoms with Gasteiger partial charge in [0, 0.05) is 12.5 Å². The van der Waals surface area contributed by atoms with Crippen LogP contribution < -0.4 is 0 Å². The van der Waals surface area contributed by atoms with Gasteiger partial charge in [0.05, 0.1) is 10.2 Å². The Bertz CT molecular complexity index is 964. The van der Waals surface area contributed by atoms with Gasteiger partial charge in [-0.1, -0.05) is 42.5 Å². The molecule has 0 spiro atoms. The summed E-state index contributed by atoms with van der Waals surface area (Å²) < 4.78 is 19.8. The summed E-state index contributed by atoms with van der Waals surface area (Å²) in [5.41, 5.74) is 2.78. The van der Waals surface area contributed by atoms with Gasteiger partial charge in [-0.2, -0.15) is 0 Å². The molecule has 126 valence electrons. The van der Waals surface area contributed by atoms with Crippen molar-refractivity contribution < 1.29 is 14.2 Å². The first-order valence-electron chi connectivity index (χ1n) is 7.97. The van der Waals surface area contributed by atoms with Crippen LogP contribution >= 0.6 is 11.3 Å². The summed E-state index contributed by atoms with van der Waals surface area (Å²) in [5.74, 6) is -1.65. The number of aliphatic hydroxyl groups is 1. The van der Waals surface area contributed by atoms with Crippen LogP contribution in [0.2, 0.25) is 0 Å². The van der Waals surface area contributed by atoms with Crippen molar-refractivity contribution in [2.24, 2.45) is 0 Å². The van der Waals surface area contributed by atoms with E-state index in [1.807, 2.05) is 42.5 Å². The SMILES string of the molecule is OC1(OCc2nc3cc(F)ccc3s2)C=CC(c2ccccc2)=CC1. The maximum absolute atomic E-state index is 13.2. The monoisotopic (exact) mass is 353 g/mol. The topological polar surface area (TPSA) is 42.4 Å². The molecule has 1 unspecified atom stereocenters. The third-order valence-corrected chi connectivity index (χ3v) is 5.09. The van der Waals surface area contributed by atoms with Crippen molar-refractivity contribution >= 4 is 27.1 Å². The molecule has 1 aliphatic rings. The van der Waals surface area contributed by atoms with E-state index in [9.17, 15) is 9.50 Å². The summed E-state index contributed by atoms with van der Waals surface area (Å²) in [4.78, 5) is 4.35. The van der Waals surface area contributed by atoms with Gasteiger partial charge in [0.1, 0.15) is 17.4 Å². The fraction of sp³-hybridized carbons (Fsp3) is 0.150. The number of allylic oxidation sites excluding steroid dienone is 2. The number of thiazole rings is 1. The average molecular weight is 353 g/mol. The minimum atomic E-state index is -1.35. The lowest BCUT2D eigenvalue weighted by Gasteiger charge is -2.26. The first kappa shape index (κ1) is 16.1. The Kier molecular flexibility index (Phi) is 4.21. The molecule has 25 heavy (non-hydrogen) atoms. The molecule has 0 saturated carbocycles. The summed E-state index contributed by atoms with van der Waals surface area (Å²) in [7, 11) is 0. The van der Waals surface area contributed by atoms with Crippen molar-refractivity contribution in [1.29, 1.82) is 0 Å². The maximum Gasteiger partial charge on any atom is 0.189 e. The number of nitrogens with zero attached hydrogens (tertiary/aromatic N) is 1. The molecule has 0 saturated heterocycles. The second-order valence-corrected chi connectivity index (χ2v) is 7.03. The normalized spacial score (nSPS) is 20.0. The molecule has 3 nitrogen and oxygen atoms in total. The van der Waals surface area contributed by atoms with E-state index in [1.165, 1.54) is 23.5 Å². The number of benzene rings is 2. The molecule has 0 fully saturated rings. The average Bonchev–Trinajstić information content (AvgIpc) is 3.04. The fourth-order valence-corrected chi connectivity index (χ4v) is 3.62. The molecule has 1 heterocycles. The van der Waals surface area contributed by atoms with Gasteiger partial charge in [0.25, 0.3) is 0 Å². The van der Waals surface area contributed by atoms with Crippen LogP contribution in [0.25, 0.3) is 15.8 Å². The zero-order valence-corrected chi connectivity index (χ0v) is 14.2. The highest BCUT2D eigenvalue weighted by Crippen LogP contribution is 2.30. The minimum absolute atomic E-state index is 0.177. The predicted octanol–water partition coefficient (Wildman–Crippen LogP) is 4.68. The minimum Gasteiger partial charge on any atom is -0.362 e. The maximum atomic E-state index is 13.2. The third-order valence-electron chi connectivity index (χ3n) is 4.08. The molecular weight excluding hydrogens is 337 g/mol. The predicted molar refractivity (Wildman–Crippen MR) is 97.5 cm³/mol. The van der Waals surface area contributed by atoms with E-state index in [-0.39, 0.29) is 12.4 Å². The van der Waals surface area contributed by atoms with Crippen molar-refractivity contribution in [3.05, 3.63) is 83.1 Å². The van der Waals surface area contributed by atoms with Crippen LogP contribution in [0, 0.1) is 5.82 Å². The Labute approximate surface area is 148 Å². The number of halogens is 1. The van der Waals surface area contributed by atoms with Gasteiger partial charge in [-0.05, 0) is 29.3 Å². The molecule has 1 aromatic heterocycles. The van der Waals surface area contributed by atoms with Crippen molar-refractivity contribution in [3.63, 3.8) is 0 Å². The number of hydrogen-bond donors (Lipinski definition) is 1. The zero-order chi connectivity index (χ0) is 17.3. The standard InChI is InChI=1S/C20H16FNO2S/c21-16-6-7-18-17(12-16)22-19(25-18)13-24-20(23)10-8-15(9-11-20)14-4-2-1-3-5-14/h1-10,12,23H,11,13H2. The van der Waals surface area contributed by atoms with Gasteiger partial charge < -0.3 is 9.84 Å². The van der Waals surface area contributed by atoms with Crippen LogP contribution in [-0.2, 0) is 11.3 Å². The molecule has 5 heteroatoms. The Morgan fingerprint density at radius 2 is 2.04 bits per heavy atom. The Balaban J connectivity index is 1.44. The van der Waals surface area contributed by atoms with Gasteiger partial charge in [-0.3, -0.25) is 0 Å². The van der Waals surface area contributed by atoms with Crippen LogP contribution in [0.1, 0.15) is 17.0 Å². The molecule has 1 N–H and O–H groups in total. The molecule has 1 atom stereocenters. The van der Waals surface area contributed by atoms with E-state index in [1.54, 1.807) is 12.1 Å². The fourth-order valence-electron chi connectivity index (χ4n) is 2.76. The molecule has 2 aromatic carbocycles. The number of aromatic nitrogens is 1. The van der Waals surface area contributed by atoms with Crippen LogP contribution in [0.4, 0.5) is 4.39 Å². The lowest BCUT2D eigenvalue weighted by atomic mass is 9.96. The van der Waals surface area contributed by atoms with E-state index in [0.29, 0.717) is 16.9 Å². The molecule has 0 amide bonds. The largest absolute Gasteiger partial charge is 0.362 e. The summed E-state index contributed by atoms with van der Waals surface area (Å²) >= 11 is 1.44. The van der Waals surface area contributed by atoms with Crippen LogP contribution in [0.15, 0.2) is 66.8 Å². The second-order valence-electron chi connectivity index (χ2n) is 5.92. The van der Waals surface area contributed by atoms with Crippen molar-refractivity contribution in [3.8, 4) is 0 Å². The Hall–Kier alpha value is -2.34. The quantitative estimate of drug-likeness (QED) is 0.692. The van der Waals surface area contributed by atoms with Gasteiger partial charge in [-0.15, -0.1) is 11.3 Å². The van der Waals surface area contributed by atoms with Crippen molar-refractivity contribution in [2.45, 2.75) is 18.8 Å². The Morgan fingerprint density at radius 3 is 2.80 bits per heavy atom. The first-order chi connectivity index (χ1) is 12.1. The molecule has 3 aromatic rings. The van der Waals surface area contributed by atoms with E-state index in [2.05, 4.69) is 4.98 Å². The molecular formula is C20H16FNO2S. The van der Waals surface area contributed by atoms with E-state index >= 15 is 0 Å². The Morgan fingerprint density at radius 1 is 1.20 bits per heavy atom. The van der Waals surface area contributed by atoms with E-state index in [4.69, 9.17) is 4.74 Å². The van der Waals surface area contributed by atoms with E-state index < -0.39 is 5.79 Å². The van der Waals surface area contributed by atoms with E-state index in [0.717, 1.165) is 15.8 Å². The highest BCUT2D eigenvalue weighted by Gasteiger charge is 2.26. The summed E-state index contributed by atoms with van der Waals surface area (Å²) in [6, 6.07) is 14.5. The van der Waals surface area contributed by atoms with Gasteiger partial charge in [-0.25, -0.2) is 9.37 Å². The number of hydrogen-bond acceptors (Lipinski definition) is 4. The molecule has 0 radical (unpaired) electrons. The lowest BCUT2D eigenvalue weighted by Crippen LogP contribution is -2.30. The highest BCUT2D eigenvalue weighted by atomic mass is 32.1. The van der Waals surface area contributed by atoms with Crippen LogP contribution in [-0.4, -0.2) is 15.9 Å². The van der Waals surface area contributed by atoms with Crippen molar-refractivity contribution in [1.82, 2.24) is 4.98 Å². The smallest absolute Gasteiger partial charge is 0.189 e. The highest BCUT2D eigenvalue weighted by molar-refractivity contribution is 7.18. The second kappa shape index (κ2) is 6.52. The lowest BCUT2D eigenvalue weighted by molar-refractivity contribution is -0.172. The molecule has 1 aliphatic carbocycles. The molecule has 0 bridgehead atoms. The summed E-state index contributed by atoms with van der Waals surface area (Å²) in [6.45, 7) is 0.177. The summed E-state index contributed by atoms with van der Waals surface area (Å²) in [5, 5.41) is 11.3. The number of rotatable bonds is 4. The zero-order valence-electron chi connectivity index (χ0n) is 13.4. The van der Waals surface area contributed by atoms with Crippen LogP contribution in [0.5, 0.6) is 0 Å².